The van der Waals surface area contributed by atoms with E-state index < -0.39 is 5.60 Å². The third kappa shape index (κ3) is 3.39. The standard InChI is InChI=1S/C12H23NO2S/c1-6-12(7-2)13-9(8-16-12)10(14)15-11(3,4)5/h9,13H,6-8H2,1-5H3. The Balaban J connectivity index is 2.56. The van der Waals surface area contributed by atoms with Gasteiger partial charge in [-0.05, 0) is 33.6 Å². The van der Waals surface area contributed by atoms with E-state index in [4.69, 9.17) is 4.74 Å². The van der Waals surface area contributed by atoms with Gasteiger partial charge in [-0.2, -0.15) is 0 Å². The van der Waals surface area contributed by atoms with Crippen molar-refractivity contribution >= 4 is 17.7 Å². The fourth-order valence-corrected chi connectivity index (χ4v) is 3.14. The summed E-state index contributed by atoms with van der Waals surface area (Å²) in [6.07, 6.45) is 2.07. The maximum atomic E-state index is 11.9. The van der Waals surface area contributed by atoms with E-state index in [1.165, 1.54) is 0 Å². The minimum atomic E-state index is -0.396. The summed E-state index contributed by atoms with van der Waals surface area (Å²) in [5, 5.41) is 3.41. The minimum absolute atomic E-state index is 0.0710. The van der Waals surface area contributed by atoms with Crippen LogP contribution < -0.4 is 5.32 Å². The van der Waals surface area contributed by atoms with E-state index in [0.717, 1.165) is 18.6 Å². The van der Waals surface area contributed by atoms with Crippen LogP contribution in [-0.4, -0.2) is 28.2 Å². The Morgan fingerprint density at radius 1 is 1.44 bits per heavy atom. The first-order chi connectivity index (χ1) is 7.32. The molecule has 0 aromatic carbocycles. The minimum Gasteiger partial charge on any atom is -0.459 e. The van der Waals surface area contributed by atoms with Crippen molar-refractivity contribution in [1.29, 1.82) is 0 Å². The van der Waals surface area contributed by atoms with Crippen LogP contribution in [0.15, 0.2) is 0 Å². The van der Waals surface area contributed by atoms with Crippen LogP contribution in [0.2, 0.25) is 0 Å². The summed E-state index contributed by atoms with van der Waals surface area (Å²) in [4.78, 5) is 12.0. The van der Waals surface area contributed by atoms with Gasteiger partial charge in [-0.3, -0.25) is 10.1 Å². The largest absolute Gasteiger partial charge is 0.459 e. The zero-order valence-corrected chi connectivity index (χ0v) is 11.7. The van der Waals surface area contributed by atoms with Gasteiger partial charge in [-0.1, -0.05) is 13.8 Å². The van der Waals surface area contributed by atoms with Crippen LogP contribution in [0.25, 0.3) is 0 Å². The highest BCUT2D eigenvalue weighted by Crippen LogP contribution is 2.36. The van der Waals surface area contributed by atoms with E-state index in [1.54, 1.807) is 0 Å². The predicted molar refractivity (Wildman–Crippen MR) is 68.5 cm³/mol. The number of carbonyl (C=O) groups excluding carboxylic acids is 1. The van der Waals surface area contributed by atoms with E-state index in [0.29, 0.717) is 0 Å². The van der Waals surface area contributed by atoms with Crippen LogP contribution in [0.5, 0.6) is 0 Å². The van der Waals surface area contributed by atoms with Crippen LogP contribution >= 0.6 is 11.8 Å². The maximum Gasteiger partial charge on any atom is 0.324 e. The van der Waals surface area contributed by atoms with Gasteiger partial charge in [-0.15, -0.1) is 11.8 Å². The second kappa shape index (κ2) is 4.96. The Hall–Kier alpha value is -0.220. The Kier molecular flexibility index (Phi) is 4.29. The summed E-state index contributed by atoms with van der Waals surface area (Å²) in [5.74, 6) is 0.695. The Bertz CT molecular complexity index is 256. The number of rotatable bonds is 3. The monoisotopic (exact) mass is 245 g/mol. The van der Waals surface area contributed by atoms with Crippen molar-refractivity contribution in [2.24, 2.45) is 0 Å². The highest BCUT2D eigenvalue weighted by molar-refractivity contribution is 8.00. The van der Waals surface area contributed by atoms with E-state index in [9.17, 15) is 4.79 Å². The van der Waals surface area contributed by atoms with E-state index >= 15 is 0 Å². The number of carbonyl (C=O) groups is 1. The first-order valence-electron chi connectivity index (χ1n) is 5.96. The lowest BCUT2D eigenvalue weighted by Gasteiger charge is -2.27. The molecule has 94 valence electrons. The molecule has 1 fully saturated rings. The van der Waals surface area contributed by atoms with Crippen molar-refractivity contribution in [1.82, 2.24) is 5.32 Å². The lowest BCUT2D eigenvalue weighted by molar-refractivity contribution is -0.156. The molecule has 1 N–H and O–H groups in total. The first-order valence-corrected chi connectivity index (χ1v) is 6.95. The maximum absolute atomic E-state index is 11.9. The van der Waals surface area contributed by atoms with E-state index in [-0.39, 0.29) is 16.9 Å². The summed E-state index contributed by atoms with van der Waals surface area (Å²) in [7, 11) is 0. The molecule has 1 atom stereocenters. The Morgan fingerprint density at radius 3 is 2.38 bits per heavy atom. The summed E-state index contributed by atoms with van der Waals surface area (Å²) in [5.41, 5.74) is -0.396. The molecule has 1 aliphatic heterocycles. The summed E-state index contributed by atoms with van der Waals surface area (Å²) in [6.45, 7) is 10.0. The van der Waals surface area contributed by atoms with Gasteiger partial charge in [0.2, 0.25) is 0 Å². The fraction of sp³-hybridized carbons (Fsp3) is 0.917. The average molecular weight is 245 g/mol. The smallest absolute Gasteiger partial charge is 0.324 e. The second-order valence-corrected chi connectivity index (χ2v) is 6.65. The van der Waals surface area contributed by atoms with E-state index in [1.807, 2.05) is 32.5 Å². The topological polar surface area (TPSA) is 38.3 Å². The van der Waals surface area contributed by atoms with Crippen LogP contribution in [0, 0.1) is 0 Å². The molecule has 0 aromatic rings. The molecule has 1 rings (SSSR count). The molecule has 1 unspecified atom stereocenters. The SMILES string of the molecule is CCC1(CC)NC(C(=O)OC(C)(C)C)CS1. The van der Waals surface area contributed by atoms with Gasteiger partial charge in [0.1, 0.15) is 11.6 Å². The molecule has 3 nitrogen and oxygen atoms in total. The number of hydrogen-bond acceptors (Lipinski definition) is 4. The predicted octanol–water partition coefficient (Wildman–Crippen LogP) is 2.55. The molecular weight excluding hydrogens is 222 g/mol. The highest BCUT2D eigenvalue weighted by Gasteiger charge is 2.40. The average Bonchev–Trinajstić information content (AvgIpc) is 2.60. The molecule has 1 aliphatic rings. The normalized spacial score (nSPS) is 24.4. The third-order valence-corrected chi connectivity index (χ3v) is 4.54. The van der Waals surface area contributed by atoms with Crippen molar-refractivity contribution in [2.75, 3.05) is 5.75 Å². The van der Waals surface area contributed by atoms with Crippen molar-refractivity contribution < 1.29 is 9.53 Å². The summed E-state index contributed by atoms with van der Waals surface area (Å²) < 4.78 is 5.39. The number of esters is 1. The highest BCUT2D eigenvalue weighted by atomic mass is 32.2. The van der Waals surface area contributed by atoms with Crippen LogP contribution in [0.3, 0.4) is 0 Å². The molecule has 0 amide bonds. The molecule has 0 spiro atoms. The van der Waals surface area contributed by atoms with Gasteiger partial charge >= 0.3 is 5.97 Å². The zero-order chi connectivity index (χ0) is 12.4. The molecule has 4 heteroatoms. The Morgan fingerprint density at radius 2 is 2.00 bits per heavy atom. The van der Waals surface area contributed by atoms with Crippen molar-refractivity contribution in [3.05, 3.63) is 0 Å². The van der Waals surface area contributed by atoms with Gasteiger partial charge in [0.25, 0.3) is 0 Å². The van der Waals surface area contributed by atoms with Crippen LogP contribution in [0.4, 0.5) is 0 Å². The number of nitrogens with one attached hydrogen (secondary N) is 1. The Labute approximate surface area is 103 Å². The second-order valence-electron chi connectivity index (χ2n) is 5.24. The van der Waals surface area contributed by atoms with Gasteiger partial charge in [0.15, 0.2) is 0 Å². The first kappa shape index (κ1) is 13.8. The van der Waals surface area contributed by atoms with Crippen LogP contribution in [-0.2, 0) is 9.53 Å². The summed E-state index contributed by atoms with van der Waals surface area (Å²) in [6, 6.07) is -0.149. The van der Waals surface area contributed by atoms with Crippen molar-refractivity contribution in [2.45, 2.75) is 64.0 Å². The van der Waals surface area contributed by atoms with Gasteiger partial charge in [-0.25, -0.2) is 0 Å². The number of hydrogen-bond donors (Lipinski definition) is 1. The molecule has 16 heavy (non-hydrogen) atoms. The van der Waals surface area contributed by atoms with Gasteiger partial charge in [0.05, 0.1) is 4.87 Å². The van der Waals surface area contributed by atoms with E-state index in [2.05, 4.69) is 19.2 Å². The molecule has 0 radical (unpaired) electrons. The molecule has 0 aromatic heterocycles. The van der Waals surface area contributed by atoms with Crippen LogP contribution in [0.1, 0.15) is 47.5 Å². The lowest BCUT2D eigenvalue weighted by Crippen LogP contribution is -2.46. The molecular formula is C12H23NO2S. The molecule has 0 bridgehead atoms. The zero-order valence-electron chi connectivity index (χ0n) is 10.9. The van der Waals surface area contributed by atoms with Crippen molar-refractivity contribution in [3.8, 4) is 0 Å². The number of thioether (sulfide) groups is 1. The van der Waals surface area contributed by atoms with Gasteiger partial charge in [0, 0.05) is 5.75 Å². The lowest BCUT2D eigenvalue weighted by atomic mass is 10.1. The van der Waals surface area contributed by atoms with Gasteiger partial charge < -0.3 is 4.74 Å². The molecule has 1 heterocycles. The number of ether oxygens (including phenoxy) is 1. The van der Waals surface area contributed by atoms with Crippen molar-refractivity contribution in [3.63, 3.8) is 0 Å². The molecule has 0 aliphatic carbocycles. The third-order valence-electron chi connectivity index (χ3n) is 2.80. The fourth-order valence-electron chi connectivity index (χ4n) is 1.80. The molecule has 0 saturated carbocycles. The molecule has 1 saturated heterocycles. The summed E-state index contributed by atoms with van der Waals surface area (Å²) >= 11 is 1.84. The quantitative estimate of drug-likeness (QED) is 0.776.